The fourth-order valence-electron chi connectivity index (χ4n) is 1.19. The molecule has 6 heteroatoms. The van der Waals surface area contributed by atoms with Crippen LogP contribution in [-0.4, -0.2) is 19.1 Å². The molecule has 0 aliphatic carbocycles. The van der Waals surface area contributed by atoms with Crippen molar-refractivity contribution in [2.24, 2.45) is 0 Å². The smallest absolute Gasteiger partial charge is 0.278 e. The summed E-state index contributed by atoms with van der Waals surface area (Å²) in [7, 11) is 2.80. The summed E-state index contributed by atoms with van der Waals surface area (Å²) in [5.74, 6) is 0. The Morgan fingerprint density at radius 2 is 1.87 bits per heavy atom. The lowest BCUT2D eigenvalue weighted by molar-refractivity contribution is -0.387. The zero-order valence-electron chi connectivity index (χ0n) is 8.27. The third-order valence-corrected chi connectivity index (χ3v) is 3.02. The molecule has 82 valence electrons. The second-order valence-electron chi connectivity index (χ2n) is 2.72. The summed E-state index contributed by atoms with van der Waals surface area (Å²) in [5.41, 5.74) is 0.262. The summed E-state index contributed by atoms with van der Waals surface area (Å²) < 4.78 is 8.83. The molecule has 1 rings (SSSR count). The highest BCUT2D eigenvalue weighted by Crippen LogP contribution is 2.38. The first-order valence-corrected chi connectivity index (χ1v) is 4.87. The van der Waals surface area contributed by atoms with Crippen LogP contribution in [0.15, 0.2) is 24.3 Å². The van der Waals surface area contributed by atoms with Gasteiger partial charge in [0, 0.05) is 20.3 Å². The van der Waals surface area contributed by atoms with Crippen molar-refractivity contribution in [1.82, 2.24) is 0 Å². The number of nitro benzene ring substituents is 1. The number of halogens is 1. The van der Waals surface area contributed by atoms with E-state index in [1.807, 2.05) is 0 Å². The lowest BCUT2D eigenvalue weighted by atomic mass is 10.2. The van der Waals surface area contributed by atoms with Crippen LogP contribution in [0.4, 0.5) is 5.69 Å². The summed E-state index contributed by atoms with van der Waals surface area (Å²) in [6, 6.07) is 6.22. The summed E-state index contributed by atoms with van der Waals surface area (Å²) in [4.78, 5) is 10.3. The molecular weight excluding hydrogens is 266 g/mol. The van der Waals surface area contributed by atoms with Gasteiger partial charge in [0.25, 0.3) is 10.4 Å². The van der Waals surface area contributed by atoms with E-state index < -0.39 is 9.62 Å². The summed E-state index contributed by atoms with van der Waals surface area (Å²) in [6.45, 7) is 0. The maximum Gasteiger partial charge on any atom is 0.278 e. The molecule has 0 aliphatic rings. The van der Waals surface area contributed by atoms with Crippen LogP contribution in [0.2, 0.25) is 0 Å². The van der Waals surface area contributed by atoms with Gasteiger partial charge in [-0.2, -0.15) is 0 Å². The molecule has 0 saturated heterocycles. The Kier molecular flexibility index (Phi) is 3.78. The molecule has 1 aromatic rings. The number of nitrogens with zero attached hydrogens (tertiary/aromatic N) is 1. The summed E-state index contributed by atoms with van der Waals surface area (Å²) in [6.07, 6.45) is 0. The molecule has 0 radical (unpaired) electrons. The molecule has 0 atom stereocenters. The minimum atomic E-state index is -1.28. The van der Waals surface area contributed by atoms with E-state index in [0.717, 1.165) is 0 Å². The fraction of sp³-hybridized carbons (Fsp3) is 0.333. The highest BCUT2D eigenvalue weighted by molar-refractivity contribution is 9.09. The SMILES string of the molecule is COC(Br)(OC)c1ccccc1[N+](=O)[O-]. The van der Waals surface area contributed by atoms with Gasteiger partial charge >= 0.3 is 0 Å². The lowest BCUT2D eigenvalue weighted by Crippen LogP contribution is -2.24. The quantitative estimate of drug-likeness (QED) is 0.366. The number of hydrogen-bond donors (Lipinski definition) is 0. The highest BCUT2D eigenvalue weighted by atomic mass is 79.9. The van der Waals surface area contributed by atoms with Gasteiger partial charge in [-0.3, -0.25) is 10.1 Å². The number of methoxy groups -OCH3 is 2. The van der Waals surface area contributed by atoms with E-state index in [0.29, 0.717) is 5.56 Å². The van der Waals surface area contributed by atoms with Crippen molar-refractivity contribution in [3.8, 4) is 0 Å². The number of benzene rings is 1. The maximum atomic E-state index is 10.8. The maximum absolute atomic E-state index is 10.8. The first-order valence-electron chi connectivity index (χ1n) is 4.08. The molecule has 15 heavy (non-hydrogen) atoms. The largest absolute Gasteiger partial charge is 0.340 e. The molecule has 0 aliphatic heterocycles. The van der Waals surface area contributed by atoms with E-state index in [-0.39, 0.29) is 5.69 Å². The third kappa shape index (κ3) is 2.34. The van der Waals surface area contributed by atoms with Gasteiger partial charge in [0.1, 0.15) is 5.56 Å². The van der Waals surface area contributed by atoms with Crippen molar-refractivity contribution in [3.05, 3.63) is 39.9 Å². The third-order valence-electron chi connectivity index (χ3n) is 1.95. The van der Waals surface area contributed by atoms with Crippen molar-refractivity contribution in [3.63, 3.8) is 0 Å². The van der Waals surface area contributed by atoms with E-state index in [9.17, 15) is 10.1 Å². The van der Waals surface area contributed by atoms with Gasteiger partial charge in [0.15, 0.2) is 0 Å². The number of hydrogen-bond acceptors (Lipinski definition) is 4. The first kappa shape index (κ1) is 12.1. The van der Waals surface area contributed by atoms with Crippen LogP contribution < -0.4 is 0 Å². The molecule has 0 saturated carbocycles. The van der Waals surface area contributed by atoms with Crippen molar-refractivity contribution in [1.29, 1.82) is 0 Å². The molecular formula is C9H10BrNO4. The van der Waals surface area contributed by atoms with Gasteiger partial charge in [-0.25, -0.2) is 0 Å². The van der Waals surface area contributed by atoms with E-state index in [2.05, 4.69) is 15.9 Å². The van der Waals surface area contributed by atoms with Crippen molar-refractivity contribution >= 4 is 21.6 Å². The lowest BCUT2D eigenvalue weighted by Gasteiger charge is -2.23. The van der Waals surface area contributed by atoms with Crippen molar-refractivity contribution < 1.29 is 14.4 Å². The standard InChI is InChI=1S/C9H10BrNO4/c1-14-9(10,15-2)7-5-3-4-6-8(7)11(12)13/h3-6H,1-2H3. The second kappa shape index (κ2) is 4.69. The van der Waals surface area contributed by atoms with E-state index in [1.165, 1.54) is 20.3 Å². The molecule has 0 N–H and O–H groups in total. The molecule has 0 aromatic heterocycles. The molecule has 1 aromatic carbocycles. The van der Waals surface area contributed by atoms with E-state index in [4.69, 9.17) is 9.47 Å². The normalized spacial score (nSPS) is 11.4. The first-order chi connectivity index (χ1) is 7.05. The Morgan fingerprint density at radius 3 is 2.33 bits per heavy atom. The highest BCUT2D eigenvalue weighted by Gasteiger charge is 2.35. The van der Waals surface area contributed by atoms with Gasteiger partial charge in [-0.15, -0.1) is 0 Å². The fourth-order valence-corrected chi connectivity index (χ4v) is 1.52. The average Bonchev–Trinajstić information content (AvgIpc) is 2.28. The van der Waals surface area contributed by atoms with Gasteiger partial charge in [-0.05, 0) is 22.0 Å². The Bertz CT molecular complexity index is 365. The van der Waals surface area contributed by atoms with Crippen molar-refractivity contribution in [2.75, 3.05) is 14.2 Å². The van der Waals surface area contributed by atoms with Gasteiger partial charge in [-0.1, -0.05) is 12.1 Å². The van der Waals surface area contributed by atoms with Crippen LogP contribution in [0, 0.1) is 10.1 Å². The molecule has 0 amide bonds. The zero-order chi connectivity index (χ0) is 11.5. The van der Waals surface area contributed by atoms with Crippen LogP contribution >= 0.6 is 15.9 Å². The minimum Gasteiger partial charge on any atom is -0.340 e. The summed E-state index contributed by atoms with van der Waals surface area (Å²) in [5, 5.41) is 10.8. The number of rotatable bonds is 4. The second-order valence-corrected chi connectivity index (χ2v) is 3.76. The average molecular weight is 276 g/mol. The zero-order valence-corrected chi connectivity index (χ0v) is 9.85. The van der Waals surface area contributed by atoms with Crippen molar-refractivity contribution in [2.45, 2.75) is 4.70 Å². The predicted octanol–water partition coefficient (Wildman–Crippen LogP) is 2.39. The molecule has 0 unspecified atom stereocenters. The Balaban J connectivity index is 3.29. The number of nitro groups is 1. The number of para-hydroxylation sites is 1. The number of alkyl halides is 1. The topological polar surface area (TPSA) is 61.6 Å². The molecule has 0 fully saturated rings. The molecule has 5 nitrogen and oxygen atoms in total. The minimum absolute atomic E-state index is 0.0573. The molecule has 0 heterocycles. The Hall–Kier alpha value is -0.980. The Labute approximate surface area is 95.3 Å². The monoisotopic (exact) mass is 275 g/mol. The predicted molar refractivity (Wildman–Crippen MR) is 57.7 cm³/mol. The van der Waals surface area contributed by atoms with E-state index in [1.54, 1.807) is 18.2 Å². The van der Waals surface area contributed by atoms with Crippen LogP contribution in [-0.2, 0) is 14.2 Å². The van der Waals surface area contributed by atoms with Crippen LogP contribution in [0.25, 0.3) is 0 Å². The van der Waals surface area contributed by atoms with Crippen LogP contribution in [0.1, 0.15) is 5.56 Å². The Morgan fingerprint density at radius 1 is 1.33 bits per heavy atom. The van der Waals surface area contributed by atoms with Crippen LogP contribution in [0.5, 0.6) is 0 Å². The van der Waals surface area contributed by atoms with Crippen LogP contribution in [0.3, 0.4) is 0 Å². The summed E-state index contributed by atoms with van der Waals surface area (Å²) >= 11 is 3.16. The molecule has 0 spiro atoms. The van der Waals surface area contributed by atoms with E-state index >= 15 is 0 Å². The van der Waals surface area contributed by atoms with Gasteiger partial charge in [0.05, 0.1) is 4.92 Å². The number of ether oxygens (including phenoxy) is 2. The molecule has 0 bridgehead atoms. The van der Waals surface area contributed by atoms with Gasteiger partial charge in [0.2, 0.25) is 0 Å². The van der Waals surface area contributed by atoms with Gasteiger partial charge < -0.3 is 9.47 Å².